The lowest BCUT2D eigenvalue weighted by Crippen LogP contribution is -2.19. The number of aromatic nitrogens is 2. The van der Waals surface area contributed by atoms with E-state index in [1.165, 1.54) is 25.4 Å². The predicted octanol–water partition coefficient (Wildman–Crippen LogP) is 4.49. The van der Waals surface area contributed by atoms with Crippen LogP contribution in [-0.2, 0) is 10.2 Å². The Morgan fingerprint density at radius 2 is 1.73 bits per heavy atom. The van der Waals surface area contributed by atoms with Crippen LogP contribution in [0.4, 0.5) is 23.5 Å². The highest BCUT2D eigenvalue weighted by Gasteiger charge is 2.28. The van der Waals surface area contributed by atoms with Crippen LogP contribution >= 0.6 is 0 Å². The van der Waals surface area contributed by atoms with Crippen molar-refractivity contribution in [2.45, 2.75) is 25.9 Å². The number of nitrogens with zero attached hydrogens (tertiary/aromatic N) is 2. The number of anilines is 1. The van der Waals surface area contributed by atoms with E-state index in [1.54, 1.807) is 13.8 Å². The Morgan fingerprint density at radius 3 is 2.24 bits per heavy atom. The van der Waals surface area contributed by atoms with Crippen molar-refractivity contribution in [2.24, 2.45) is 0 Å². The highest BCUT2D eigenvalue weighted by atomic mass is 19.3. The second-order valence-electron chi connectivity index (χ2n) is 7.46. The van der Waals surface area contributed by atoms with Crippen molar-refractivity contribution < 1.29 is 36.6 Å². The molecule has 0 saturated heterocycles. The molecule has 0 aliphatic heterocycles. The van der Waals surface area contributed by atoms with Gasteiger partial charge in [-0.3, -0.25) is 14.7 Å². The maximum atomic E-state index is 14.7. The second kappa shape index (κ2) is 9.31. The molecule has 1 aromatic heterocycles. The first-order chi connectivity index (χ1) is 15.6. The summed E-state index contributed by atoms with van der Waals surface area (Å²) in [5, 5.41) is 2.43. The van der Waals surface area contributed by atoms with Crippen LogP contribution in [0.3, 0.4) is 0 Å². The third kappa shape index (κ3) is 5.13. The first kappa shape index (κ1) is 23.8. The molecule has 0 bridgehead atoms. The Hall–Kier alpha value is -3.89. The summed E-state index contributed by atoms with van der Waals surface area (Å²) in [6, 6.07) is 6.69. The molecule has 7 nitrogen and oxygen atoms in total. The Kier molecular flexibility index (Phi) is 6.70. The number of rotatable bonds is 8. The van der Waals surface area contributed by atoms with Crippen molar-refractivity contribution >= 4 is 18.1 Å². The molecule has 0 aliphatic rings. The van der Waals surface area contributed by atoms with E-state index in [-0.39, 0.29) is 28.7 Å². The molecule has 2 aromatic carbocycles. The maximum absolute atomic E-state index is 14.7. The zero-order valence-corrected chi connectivity index (χ0v) is 17.7. The number of hydrogen-bond donors (Lipinski definition) is 1. The number of carbonyl (C=O) groups is 2. The quantitative estimate of drug-likeness (QED) is 0.392. The highest BCUT2D eigenvalue weighted by molar-refractivity contribution is 6.03. The molecule has 0 fully saturated rings. The van der Waals surface area contributed by atoms with Crippen LogP contribution in [0.1, 0.15) is 29.9 Å². The van der Waals surface area contributed by atoms with Crippen LogP contribution in [0.5, 0.6) is 11.5 Å². The molecular formula is C22H19F4N3O4. The Bertz CT molecular complexity index is 1150. The summed E-state index contributed by atoms with van der Waals surface area (Å²) in [5.74, 6) is -3.21. The Balaban J connectivity index is 2.03. The van der Waals surface area contributed by atoms with Gasteiger partial charge in [0.1, 0.15) is 23.5 Å². The molecule has 1 heterocycles. The fourth-order valence-electron chi connectivity index (χ4n) is 2.86. The van der Waals surface area contributed by atoms with Gasteiger partial charge in [0, 0.05) is 23.9 Å². The van der Waals surface area contributed by atoms with Crippen molar-refractivity contribution in [2.75, 3.05) is 12.4 Å². The lowest BCUT2D eigenvalue weighted by atomic mass is 9.92. The number of benzene rings is 2. The van der Waals surface area contributed by atoms with Gasteiger partial charge >= 0.3 is 6.61 Å². The molecule has 1 N–H and O–H groups in total. The summed E-state index contributed by atoms with van der Waals surface area (Å²) >= 11 is 0. The molecular weight excluding hydrogens is 446 g/mol. The molecule has 0 atom stereocenters. The maximum Gasteiger partial charge on any atom is 0.387 e. The van der Waals surface area contributed by atoms with Crippen LogP contribution in [0.2, 0.25) is 0 Å². The van der Waals surface area contributed by atoms with E-state index in [4.69, 9.17) is 4.74 Å². The molecule has 3 rings (SSSR count). The monoisotopic (exact) mass is 465 g/mol. The summed E-state index contributed by atoms with van der Waals surface area (Å²) in [4.78, 5) is 28.4. The van der Waals surface area contributed by atoms with Crippen LogP contribution in [0, 0.1) is 11.6 Å². The minimum absolute atomic E-state index is 0.0399. The number of amides is 1. The van der Waals surface area contributed by atoms with Crippen LogP contribution < -0.4 is 14.8 Å². The van der Waals surface area contributed by atoms with E-state index < -0.39 is 35.3 Å². The van der Waals surface area contributed by atoms with Crippen molar-refractivity contribution in [3.05, 3.63) is 65.5 Å². The normalized spacial score (nSPS) is 11.4. The topological polar surface area (TPSA) is 82.5 Å². The van der Waals surface area contributed by atoms with Gasteiger partial charge in [-0.1, -0.05) is 0 Å². The molecule has 1 amide bonds. The molecule has 33 heavy (non-hydrogen) atoms. The van der Waals surface area contributed by atoms with Gasteiger partial charge < -0.3 is 14.3 Å². The van der Waals surface area contributed by atoms with Gasteiger partial charge in [-0.15, -0.1) is 0 Å². The SMILES string of the molecule is COc1cc(F)c(-n2cc(C(C)(C)C=O)nc2NC(=O)c2ccc(OC(F)F)cc2)c(F)c1. The van der Waals surface area contributed by atoms with E-state index in [9.17, 15) is 27.2 Å². The highest BCUT2D eigenvalue weighted by Crippen LogP contribution is 2.30. The number of carbonyl (C=O) groups excluding carboxylic acids is 2. The summed E-state index contributed by atoms with van der Waals surface area (Å²) in [6.07, 6.45) is 1.84. The second-order valence-corrected chi connectivity index (χ2v) is 7.46. The summed E-state index contributed by atoms with van der Waals surface area (Å²) in [6.45, 7) is 0.0626. The fourth-order valence-corrected chi connectivity index (χ4v) is 2.86. The van der Waals surface area contributed by atoms with Gasteiger partial charge in [-0.2, -0.15) is 8.78 Å². The molecule has 3 aromatic rings. The predicted molar refractivity (Wildman–Crippen MR) is 110 cm³/mol. The number of methoxy groups -OCH3 is 1. The van der Waals surface area contributed by atoms with E-state index in [0.29, 0.717) is 6.29 Å². The average molecular weight is 465 g/mol. The minimum atomic E-state index is -3.02. The average Bonchev–Trinajstić information content (AvgIpc) is 3.17. The molecule has 0 unspecified atom stereocenters. The van der Waals surface area contributed by atoms with Gasteiger partial charge in [-0.05, 0) is 38.1 Å². The molecule has 0 radical (unpaired) electrons. The lowest BCUT2D eigenvalue weighted by molar-refractivity contribution is -0.111. The third-order valence-electron chi connectivity index (χ3n) is 4.69. The largest absolute Gasteiger partial charge is 0.497 e. The number of aldehydes is 1. The number of halogens is 4. The van der Waals surface area contributed by atoms with Gasteiger partial charge in [0.05, 0.1) is 18.2 Å². The van der Waals surface area contributed by atoms with E-state index in [0.717, 1.165) is 28.8 Å². The van der Waals surface area contributed by atoms with Gasteiger partial charge in [0.15, 0.2) is 11.6 Å². The van der Waals surface area contributed by atoms with Crippen LogP contribution in [0.25, 0.3) is 5.69 Å². The minimum Gasteiger partial charge on any atom is -0.497 e. The molecule has 0 aliphatic carbocycles. The number of ether oxygens (including phenoxy) is 2. The van der Waals surface area contributed by atoms with Crippen molar-refractivity contribution in [1.29, 1.82) is 0 Å². The Labute approximate surface area is 186 Å². The Morgan fingerprint density at radius 1 is 1.12 bits per heavy atom. The number of alkyl halides is 2. The van der Waals surface area contributed by atoms with E-state index >= 15 is 0 Å². The number of hydrogen-bond acceptors (Lipinski definition) is 5. The van der Waals surface area contributed by atoms with Crippen LogP contribution in [0.15, 0.2) is 42.6 Å². The van der Waals surface area contributed by atoms with Gasteiger partial charge in [0.25, 0.3) is 5.91 Å². The lowest BCUT2D eigenvalue weighted by Gasteiger charge is -2.13. The summed E-state index contributed by atoms with van der Waals surface area (Å²) in [7, 11) is 1.25. The molecule has 11 heteroatoms. The first-order valence-electron chi connectivity index (χ1n) is 9.51. The smallest absolute Gasteiger partial charge is 0.387 e. The summed E-state index contributed by atoms with van der Waals surface area (Å²) < 4.78 is 64.1. The van der Waals surface area contributed by atoms with Crippen LogP contribution in [-0.4, -0.2) is 35.5 Å². The zero-order valence-electron chi connectivity index (χ0n) is 17.7. The molecule has 0 spiro atoms. The van der Waals surface area contributed by atoms with Crippen molar-refractivity contribution in [1.82, 2.24) is 9.55 Å². The standard InChI is InChI=1S/C22H19F4N3O4/c1-22(2,11-30)17-10-29(18-15(23)8-14(32-3)9-16(18)24)21(27-17)28-19(31)12-4-6-13(7-5-12)33-20(25)26/h4-11,20H,1-3H3,(H,27,28,31). The van der Waals surface area contributed by atoms with E-state index in [2.05, 4.69) is 15.0 Å². The first-order valence-corrected chi connectivity index (χ1v) is 9.51. The third-order valence-corrected chi connectivity index (χ3v) is 4.69. The van der Waals surface area contributed by atoms with Gasteiger partial charge in [0.2, 0.25) is 5.95 Å². The van der Waals surface area contributed by atoms with Crippen molar-refractivity contribution in [3.8, 4) is 17.2 Å². The molecule has 0 saturated carbocycles. The summed E-state index contributed by atoms with van der Waals surface area (Å²) in [5.41, 5.74) is -1.49. The number of nitrogens with one attached hydrogen (secondary N) is 1. The number of imidazole rings is 1. The zero-order chi connectivity index (χ0) is 24.3. The van der Waals surface area contributed by atoms with Gasteiger partial charge in [-0.25, -0.2) is 13.8 Å². The van der Waals surface area contributed by atoms with E-state index in [1.807, 2.05) is 0 Å². The van der Waals surface area contributed by atoms with Crippen molar-refractivity contribution in [3.63, 3.8) is 0 Å². The molecule has 174 valence electrons. The fraction of sp³-hybridized carbons (Fsp3) is 0.227.